The molecular formula is C12H26N2S2. The minimum absolute atomic E-state index is 0.789. The Morgan fingerprint density at radius 1 is 1.12 bits per heavy atom. The van der Waals surface area contributed by atoms with Crippen LogP contribution in [0.15, 0.2) is 0 Å². The predicted molar refractivity (Wildman–Crippen MR) is 78.7 cm³/mol. The summed E-state index contributed by atoms with van der Waals surface area (Å²) in [4.78, 5) is 0. The summed E-state index contributed by atoms with van der Waals surface area (Å²) in [5, 5.41) is 10.4. The van der Waals surface area contributed by atoms with Gasteiger partial charge in [0.2, 0.25) is 0 Å². The van der Waals surface area contributed by atoms with E-state index in [-0.39, 0.29) is 0 Å². The van der Waals surface area contributed by atoms with Crippen molar-refractivity contribution >= 4 is 24.0 Å². The van der Waals surface area contributed by atoms with E-state index in [2.05, 4.69) is 36.7 Å². The molecule has 0 saturated heterocycles. The summed E-state index contributed by atoms with van der Waals surface area (Å²) in [5.41, 5.74) is 0. The van der Waals surface area contributed by atoms with Crippen molar-refractivity contribution in [2.75, 3.05) is 6.26 Å². The van der Waals surface area contributed by atoms with Crippen LogP contribution >= 0.6 is 24.0 Å². The Morgan fingerprint density at radius 2 is 1.62 bits per heavy atom. The Kier molecular flexibility index (Phi) is 14.8. The first-order chi connectivity index (χ1) is 7.76. The van der Waals surface area contributed by atoms with Crippen LogP contribution in [0.3, 0.4) is 0 Å². The van der Waals surface area contributed by atoms with E-state index in [9.17, 15) is 0 Å². The number of hydrogen-bond donors (Lipinski definition) is 1. The lowest BCUT2D eigenvalue weighted by molar-refractivity contribution is 0.488. The SMILES string of the molecule is CC.CCC(CC)Cc1nnc(C)s1.CS. The molecule has 0 N–H and O–H groups in total. The van der Waals surface area contributed by atoms with Gasteiger partial charge in [-0.1, -0.05) is 40.5 Å². The van der Waals surface area contributed by atoms with Crippen molar-refractivity contribution in [3.05, 3.63) is 10.0 Å². The van der Waals surface area contributed by atoms with Crippen molar-refractivity contribution in [2.45, 2.75) is 53.9 Å². The van der Waals surface area contributed by atoms with E-state index < -0.39 is 0 Å². The Balaban J connectivity index is 0. The predicted octanol–water partition coefficient (Wildman–Crippen LogP) is 4.40. The molecule has 0 amide bonds. The molecule has 0 saturated carbocycles. The number of nitrogens with zero attached hydrogens (tertiary/aromatic N) is 2. The van der Waals surface area contributed by atoms with Gasteiger partial charge in [-0.05, 0) is 19.1 Å². The Labute approximate surface area is 110 Å². The van der Waals surface area contributed by atoms with Gasteiger partial charge in [-0.15, -0.1) is 21.5 Å². The second-order valence-corrected chi connectivity index (χ2v) is 4.37. The van der Waals surface area contributed by atoms with E-state index in [0.29, 0.717) is 0 Å². The van der Waals surface area contributed by atoms with Crippen LogP contribution in [0.25, 0.3) is 0 Å². The molecule has 0 aliphatic carbocycles. The fourth-order valence-corrected chi connectivity index (χ4v) is 2.07. The molecule has 0 aromatic carbocycles. The Hall–Kier alpha value is -0.0900. The molecule has 1 rings (SSSR count). The summed E-state index contributed by atoms with van der Waals surface area (Å²) in [5.74, 6) is 0.789. The standard InChI is InChI=1S/C9H16N2S.C2H6.CH4S/c1-4-8(5-2)6-9-11-10-7(3)12-9;2*1-2/h8H,4-6H2,1-3H3;1-2H3;2H,1H3. The van der Waals surface area contributed by atoms with E-state index in [1.807, 2.05) is 20.8 Å². The fourth-order valence-electron chi connectivity index (χ4n) is 1.24. The van der Waals surface area contributed by atoms with Gasteiger partial charge in [0.15, 0.2) is 0 Å². The molecule has 96 valence electrons. The van der Waals surface area contributed by atoms with Crippen molar-refractivity contribution in [2.24, 2.45) is 5.92 Å². The van der Waals surface area contributed by atoms with E-state index in [4.69, 9.17) is 0 Å². The number of aryl methyl sites for hydroxylation is 1. The average molecular weight is 262 g/mol. The zero-order valence-corrected chi connectivity index (χ0v) is 13.2. The molecule has 1 aromatic rings. The Bertz CT molecular complexity index is 233. The van der Waals surface area contributed by atoms with Crippen LogP contribution in [0.1, 0.15) is 50.6 Å². The molecule has 1 aromatic heterocycles. The molecule has 0 fully saturated rings. The first-order valence-electron chi connectivity index (χ1n) is 6.00. The van der Waals surface area contributed by atoms with Crippen molar-refractivity contribution < 1.29 is 0 Å². The minimum atomic E-state index is 0.789. The molecule has 16 heavy (non-hydrogen) atoms. The number of thiol groups is 1. The summed E-state index contributed by atoms with van der Waals surface area (Å²) in [6.07, 6.45) is 5.29. The van der Waals surface area contributed by atoms with Gasteiger partial charge < -0.3 is 0 Å². The largest absolute Gasteiger partial charge is 0.183 e. The zero-order chi connectivity index (χ0) is 13.0. The molecule has 0 aliphatic heterocycles. The van der Waals surface area contributed by atoms with Crippen LogP contribution in [0.5, 0.6) is 0 Å². The molecule has 0 spiro atoms. The molecule has 4 heteroatoms. The van der Waals surface area contributed by atoms with Gasteiger partial charge in [0.25, 0.3) is 0 Å². The maximum absolute atomic E-state index is 4.12. The van der Waals surface area contributed by atoms with Gasteiger partial charge in [-0.2, -0.15) is 12.6 Å². The average Bonchev–Trinajstić information content (AvgIpc) is 2.77. The van der Waals surface area contributed by atoms with Crippen LogP contribution < -0.4 is 0 Å². The highest BCUT2D eigenvalue weighted by molar-refractivity contribution is 7.79. The van der Waals surface area contributed by atoms with Crippen LogP contribution in [0.4, 0.5) is 0 Å². The van der Waals surface area contributed by atoms with E-state index in [1.54, 1.807) is 17.6 Å². The summed E-state index contributed by atoms with van der Waals surface area (Å²) in [6.45, 7) is 10.5. The maximum Gasteiger partial charge on any atom is 0.117 e. The van der Waals surface area contributed by atoms with Gasteiger partial charge in [-0.25, -0.2) is 0 Å². The van der Waals surface area contributed by atoms with Gasteiger partial charge in [0, 0.05) is 6.42 Å². The third-order valence-corrected chi connectivity index (χ3v) is 3.05. The highest BCUT2D eigenvalue weighted by Crippen LogP contribution is 2.17. The van der Waals surface area contributed by atoms with Crippen molar-refractivity contribution in [3.8, 4) is 0 Å². The van der Waals surface area contributed by atoms with Crippen LogP contribution in [-0.2, 0) is 6.42 Å². The lowest BCUT2D eigenvalue weighted by atomic mass is 10.0. The number of aromatic nitrogens is 2. The van der Waals surface area contributed by atoms with Gasteiger partial charge in [-0.3, -0.25) is 0 Å². The molecule has 0 atom stereocenters. The number of hydrogen-bond acceptors (Lipinski definition) is 4. The molecule has 0 unspecified atom stereocenters. The van der Waals surface area contributed by atoms with Crippen LogP contribution in [0.2, 0.25) is 0 Å². The summed E-state index contributed by atoms with van der Waals surface area (Å²) in [7, 11) is 0. The highest BCUT2D eigenvalue weighted by Gasteiger charge is 2.07. The van der Waals surface area contributed by atoms with Gasteiger partial charge in [0.1, 0.15) is 10.0 Å². The van der Waals surface area contributed by atoms with Crippen molar-refractivity contribution in [1.82, 2.24) is 10.2 Å². The van der Waals surface area contributed by atoms with E-state index in [1.165, 1.54) is 17.8 Å². The first kappa shape index (κ1) is 18.3. The van der Waals surface area contributed by atoms with Crippen LogP contribution in [-0.4, -0.2) is 16.5 Å². The lowest BCUT2D eigenvalue weighted by Crippen LogP contribution is -2.00. The topological polar surface area (TPSA) is 25.8 Å². The van der Waals surface area contributed by atoms with E-state index >= 15 is 0 Å². The smallest absolute Gasteiger partial charge is 0.117 e. The summed E-state index contributed by atoms with van der Waals surface area (Å²) in [6, 6.07) is 0. The maximum atomic E-state index is 4.12. The molecule has 1 heterocycles. The normalized spacial score (nSPS) is 9.00. The second kappa shape index (κ2) is 13.0. The highest BCUT2D eigenvalue weighted by atomic mass is 32.1. The fraction of sp³-hybridized carbons (Fsp3) is 0.833. The van der Waals surface area contributed by atoms with Gasteiger partial charge >= 0.3 is 0 Å². The summed E-state index contributed by atoms with van der Waals surface area (Å²) >= 11 is 5.25. The minimum Gasteiger partial charge on any atom is -0.183 e. The molecule has 0 radical (unpaired) electrons. The zero-order valence-electron chi connectivity index (χ0n) is 11.4. The second-order valence-electron chi connectivity index (χ2n) is 3.10. The van der Waals surface area contributed by atoms with Crippen LogP contribution in [0, 0.1) is 12.8 Å². The molecule has 0 aliphatic rings. The third kappa shape index (κ3) is 8.11. The lowest BCUT2D eigenvalue weighted by Gasteiger charge is -2.07. The number of rotatable bonds is 4. The monoisotopic (exact) mass is 262 g/mol. The van der Waals surface area contributed by atoms with E-state index in [0.717, 1.165) is 17.3 Å². The quantitative estimate of drug-likeness (QED) is 0.814. The van der Waals surface area contributed by atoms with Gasteiger partial charge in [0.05, 0.1) is 0 Å². The molecule has 0 bridgehead atoms. The molecule has 2 nitrogen and oxygen atoms in total. The molecular weight excluding hydrogens is 236 g/mol. The van der Waals surface area contributed by atoms with Crippen molar-refractivity contribution in [3.63, 3.8) is 0 Å². The Morgan fingerprint density at radius 3 is 1.94 bits per heavy atom. The van der Waals surface area contributed by atoms with Crippen molar-refractivity contribution in [1.29, 1.82) is 0 Å². The third-order valence-electron chi connectivity index (χ3n) is 2.19. The first-order valence-corrected chi connectivity index (χ1v) is 7.71. The summed E-state index contributed by atoms with van der Waals surface area (Å²) < 4.78 is 0.